The molecule has 0 bridgehead atoms. The molecule has 0 aliphatic heterocycles. The quantitative estimate of drug-likeness (QED) is 0.393. The van der Waals surface area contributed by atoms with Gasteiger partial charge in [-0.3, -0.25) is 9.59 Å². The Labute approximate surface area is 201 Å². The lowest BCUT2D eigenvalue weighted by Gasteiger charge is -2.11. The van der Waals surface area contributed by atoms with E-state index in [1.54, 1.807) is 31.2 Å². The Hall–Kier alpha value is -3.37. The fraction of sp³-hybridized carbons (Fsp3) is 0.174. The van der Waals surface area contributed by atoms with E-state index in [9.17, 15) is 27.6 Å². The van der Waals surface area contributed by atoms with Gasteiger partial charge in [0.2, 0.25) is 0 Å². The molecule has 0 saturated carbocycles. The van der Waals surface area contributed by atoms with Gasteiger partial charge in [0.15, 0.2) is 0 Å². The van der Waals surface area contributed by atoms with E-state index in [2.05, 4.69) is 10.6 Å². The van der Waals surface area contributed by atoms with Crippen molar-refractivity contribution < 1.29 is 32.3 Å². The lowest BCUT2D eigenvalue weighted by Crippen LogP contribution is -2.15. The summed E-state index contributed by atoms with van der Waals surface area (Å²) < 4.78 is 43.9. The molecule has 3 aromatic rings. The smallest absolute Gasteiger partial charge is 0.416 e. The number of alkyl halides is 3. The van der Waals surface area contributed by atoms with Crippen molar-refractivity contribution in [2.24, 2.45) is 0 Å². The molecule has 0 fully saturated rings. The predicted molar refractivity (Wildman–Crippen MR) is 124 cm³/mol. The zero-order chi connectivity index (χ0) is 25.2. The number of aryl methyl sites for hydroxylation is 1. The SMILES string of the molecule is COC(=O)c1c(NC(=O)c2ccccc2C)sc(C(=O)Nc2cc(C(F)(F)F)ccc2Cl)c1C. The molecule has 178 valence electrons. The summed E-state index contributed by atoms with van der Waals surface area (Å²) in [5, 5.41) is 4.94. The molecule has 6 nitrogen and oxygen atoms in total. The standard InChI is InChI=1S/C23H18ClF3N2O4S/c1-11-6-4-5-7-14(11)19(30)29-21-17(22(32)33-3)12(2)18(34-21)20(31)28-16-10-13(23(25,26)27)8-9-15(16)24/h4-10H,1-3H3,(H,28,31)(H,29,30). The zero-order valence-corrected chi connectivity index (χ0v) is 19.7. The maximum absolute atomic E-state index is 13.1. The van der Waals surface area contributed by atoms with Crippen molar-refractivity contribution in [1.29, 1.82) is 0 Å². The monoisotopic (exact) mass is 510 g/mol. The van der Waals surface area contributed by atoms with Gasteiger partial charge in [-0.15, -0.1) is 11.3 Å². The Balaban J connectivity index is 1.97. The molecule has 0 aliphatic rings. The van der Waals surface area contributed by atoms with Gasteiger partial charge in [-0.25, -0.2) is 4.79 Å². The molecule has 0 saturated heterocycles. The van der Waals surface area contributed by atoms with Crippen LogP contribution in [0.5, 0.6) is 0 Å². The molecule has 1 heterocycles. The van der Waals surface area contributed by atoms with Crippen molar-refractivity contribution in [2.75, 3.05) is 17.7 Å². The summed E-state index contributed by atoms with van der Waals surface area (Å²) in [5.41, 5.74) is -0.0145. The Morgan fingerprint density at radius 2 is 1.68 bits per heavy atom. The van der Waals surface area contributed by atoms with Gasteiger partial charge in [0.1, 0.15) is 5.00 Å². The Bertz CT molecular complexity index is 1290. The summed E-state index contributed by atoms with van der Waals surface area (Å²) in [7, 11) is 1.15. The van der Waals surface area contributed by atoms with Crippen LogP contribution in [-0.2, 0) is 10.9 Å². The molecule has 3 rings (SSSR count). The Kier molecular flexibility index (Phi) is 7.32. The average molecular weight is 511 g/mol. The predicted octanol–water partition coefficient (Wildman–Crippen LogP) is 6.33. The minimum absolute atomic E-state index is 0.00559. The zero-order valence-electron chi connectivity index (χ0n) is 18.1. The van der Waals surface area contributed by atoms with Crippen LogP contribution in [0.1, 0.15) is 47.1 Å². The fourth-order valence-corrected chi connectivity index (χ4v) is 4.39. The van der Waals surface area contributed by atoms with Gasteiger partial charge in [-0.2, -0.15) is 13.2 Å². The van der Waals surface area contributed by atoms with E-state index in [4.69, 9.17) is 16.3 Å². The van der Waals surface area contributed by atoms with Crippen molar-refractivity contribution in [1.82, 2.24) is 0 Å². The minimum atomic E-state index is -4.63. The first kappa shape index (κ1) is 25.3. The number of anilines is 2. The number of carbonyl (C=O) groups excluding carboxylic acids is 3. The van der Waals surface area contributed by atoms with E-state index in [1.807, 2.05) is 0 Å². The third-order valence-corrected chi connectivity index (χ3v) is 6.44. The van der Waals surface area contributed by atoms with E-state index in [0.717, 1.165) is 30.6 Å². The third kappa shape index (κ3) is 5.23. The topological polar surface area (TPSA) is 84.5 Å². The summed E-state index contributed by atoms with van der Waals surface area (Å²) in [5.74, 6) is -2.09. The van der Waals surface area contributed by atoms with Crippen molar-refractivity contribution in [3.63, 3.8) is 0 Å². The number of ether oxygens (including phenoxy) is 1. The van der Waals surface area contributed by atoms with E-state index < -0.39 is 29.5 Å². The number of rotatable bonds is 5. The second-order valence-corrected chi connectivity index (χ2v) is 8.60. The third-order valence-electron chi connectivity index (χ3n) is 4.90. The number of benzene rings is 2. The summed E-state index contributed by atoms with van der Waals surface area (Å²) in [6.45, 7) is 3.21. The molecule has 2 N–H and O–H groups in total. The summed E-state index contributed by atoms with van der Waals surface area (Å²) in [4.78, 5) is 38.1. The second kappa shape index (κ2) is 9.86. The van der Waals surface area contributed by atoms with Gasteiger partial charge < -0.3 is 15.4 Å². The van der Waals surface area contributed by atoms with Crippen LogP contribution in [-0.4, -0.2) is 24.9 Å². The summed E-state index contributed by atoms with van der Waals surface area (Å²) >= 11 is 6.76. The Morgan fingerprint density at radius 1 is 1.00 bits per heavy atom. The average Bonchev–Trinajstić information content (AvgIpc) is 3.09. The first-order valence-electron chi connectivity index (χ1n) is 9.70. The summed E-state index contributed by atoms with van der Waals surface area (Å²) in [6.07, 6.45) is -4.63. The van der Waals surface area contributed by atoms with Crippen molar-refractivity contribution in [3.05, 3.63) is 80.2 Å². The number of esters is 1. The molecular weight excluding hydrogens is 493 g/mol. The van der Waals surface area contributed by atoms with Crippen LogP contribution >= 0.6 is 22.9 Å². The van der Waals surface area contributed by atoms with Gasteiger partial charge >= 0.3 is 12.1 Å². The van der Waals surface area contributed by atoms with Crippen LogP contribution in [0, 0.1) is 13.8 Å². The fourth-order valence-electron chi connectivity index (χ4n) is 3.14. The number of hydrogen-bond acceptors (Lipinski definition) is 5. The number of amides is 2. The molecule has 0 atom stereocenters. The van der Waals surface area contributed by atoms with Crippen molar-refractivity contribution in [2.45, 2.75) is 20.0 Å². The number of hydrogen-bond donors (Lipinski definition) is 2. The maximum Gasteiger partial charge on any atom is 0.416 e. The molecule has 2 amide bonds. The normalized spacial score (nSPS) is 11.1. The number of nitrogens with one attached hydrogen (secondary N) is 2. The van der Waals surface area contributed by atoms with Crippen LogP contribution in [0.2, 0.25) is 5.02 Å². The van der Waals surface area contributed by atoms with Crippen molar-refractivity contribution >= 4 is 51.4 Å². The van der Waals surface area contributed by atoms with E-state index in [-0.39, 0.29) is 31.7 Å². The molecule has 34 heavy (non-hydrogen) atoms. The van der Waals surface area contributed by atoms with Crippen molar-refractivity contribution in [3.8, 4) is 0 Å². The highest BCUT2D eigenvalue weighted by Gasteiger charge is 2.32. The number of carbonyl (C=O) groups is 3. The van der Waals surface area contributed by atoms with Gasteiger partial charge in [0, 0.05) is 5.56 Å². The molecule has 0 unspecified atom stereocenters. The van der Waals surface area contributed by atoms with Crippen LogP contribution in [0.4, 0.5) is 23.9 Å². The number of thiophene rings is 1. The highest BCUT2D eigenvalue weighted by Crippen LogP contribution is 2.37. The molecule has 1 aromatic heterocycles. The highest BCUT2D eigenvalue weighted by atomic mass is 35.5. The molecular formula is C23H18ClF3N2O4S. The second-order valence-electron chi connectivity index (χ2n) is 7.17. The van der Waals surface area contributed by atoms with Crippen LogP contribution in [0.3, 0.4) is 0 Å². The lowest BCUT2D eigenvalue weighted by molar-refractivity contribution is -0.137. The lowest BCUT2D eigenvalue weighted by atomic mass is 10.1. The number of halogens is 4. The van der Waals surface area contributed by atoms with Crippen LogP contribution < -0.4 is 10.6 Å². The molecule has 0 radical (unpaired) electrons. The number of methoxy groups -OCH3 is 1. The van der Waals surface area contributed by atoms with Crippen LogP contribution in [0.25, 0.3) is 0 Å². The largest absolute Gasteiger partial charge is 0.465 e. The highest BCUT2D eigenvalue weighted by molar-refractivity contribution is 7.19. The minimum Gasteiger partial charge on any atom is -0.465 e. The van der Waals surface area contributed by atoms with E-state index in [0.29, 0.717) is 17.2 Å². The van der Waals surface area contributed by atoms with Crippen LogP contribution in [0.15, 0.2) is 42.5 Å². The first-order chi connectivity index (χ1) is 15.9. The van der Waals surface area contributed by atoms with Gasteiger partial charge in [0.25, 0.3) is 11.8 Å². The van der Waals surface area contributed by atoms with Gasteiger partial charge in [0.05, 0.1) is 33.8 Å². The molecule has 2 aromatic carbocycles. The molecule has 0 spiro atoms. The first-order valence-corrected chi connectivity index (χ1v) is 10.9. The van der Waals surface area contributed by atoms with Gasteiger partial charge in [-0.05, 0) is 49.2 Å². The van der Waals surface area contributed by atoms with E-state index in [1.165, 1.54) is 6.92 Å². The maximum atomic E-state index is 13.1. The van der Waals surface area contributed by atoms with Gasteiger partial charge in [-0.1, -0.05) is 29.8 Å². The Morgan fingerprint density at radius 3 is 2.29 bits per heavy atom. The molecule has 11 heteroatoms. The summed E-state index contributed by atoms with van der Waals surface area (Å²) in [6, 6.07) is 9.33. The molecule has 0 aliphatic carbocycles. The van der Waals surface area contributed by atoms with E-state index >= 15 is 0 Å².